The fraction of sp³-hybridized carbons (Fsp3) is 0.179. The van der Waals surface area contributed by atoms with Gasteiger partial charge in [0.15, 0.2) is 24.8 Å². The SMILES string of the molecule is [2H]C([2H])([2H])c1cc(C)c(-c2cc(-c3c(C([2H])([2H])[2H])cc(C)cc3C([2H])([2H])[2H])cc[n+]2C)cc1-c1ccccc1.[2H]C([2H])([2H])c1cc(C)c(-c2cc(-c3ccccc3)c(C([2H])([2H])[2H])c[n+]2C)cc1-c1ccccc1.[2H]C([2H])([2H])c1cc(C)c(-c2cc(-c3ccccc3C([2H])([2H])[2H])c(C([2H])([2H])[2H])c[n+]2C)cc1-c1ccccc1.[2H]C([2H])([2H])c1cc(C)ccc1-c1cc[n+](C)c(-c2cc(-c3ccccc3)c(C([2H])([2H])[2H])cc2C)c1. The standard InChI is InChI=1S/C29H30N.2C28H28N.C27H26N/c1-19-14-22(4)29(23(5)15-19)25-12-13-30(6)28(17-25)27-18-26(20(2)16-21(27)3)24-10-8-7-9-11-24;1-19-11-9-10-14-24(19)26-17-28(29(5)18-22(26)4)27-16-25(20(2)15-21(27)3)23-12-7-6-8-13-23;1-19-11-12-25(20(2)15-19)24-13-14-29(5)28(17-24)27-18-26(21(3)16-22(27)4)23-9-7-6-8-10-23;1-19-15-20(2)26(16-24(19)22-11-7-5-8-12-22)27-17-25(21(3)18-28(27)4)23-13-9-6-10-14-23/h7-18H,1-6H3;2*6-18H,1-5H3;5-18H,1-4H3/q4*+1/i2D3,4D3,5D3;1D3,2D3,4D3;2D3,3D3;1D3,3D3. The maximum Gasteiger partial charge on any atom is 0.213 e. The van der Waals surface area contributed by atoms with Gasteiger partial charge < -0.3 is 0 Å². The van der Waals surface area contributed by atoms with E-state index in [1.54, 1.807) is 102 Å². The lowest BCUT2D eigenvalue weighted by molar-refractivity contribution is -0.660. The highest BCUT2D eigenvalue weighted by atomic mass is 14.9. The maximum absolute atomic E-state index is 8.16. The van der Waals surface area contributed by atoms with Crippen LogP contribution in [0.4, 0.5) is 0 Å². The van der Waals surface area contributed by atoms with E-state index < -0.39 is 68.5 Å². The molecule has 0 fully saturated rings. The largest absolute Gasteiger partial charge is 0.213 e. The number of aromatic nitrogens is 4. The molecule has 0 saturated carbocycles. The van der Waals surface area contributed by atoms with Gasteiger partial charge in [-0.1, -0.05) is 242 Å². The van der Waals surface area contributed by atoms with Crippen LogP contribution in [-0.2, 0) is 28.2 Å². The monoisotopic (exact) mass is 1540 g/mol. The molecular formula is C112H112N4+4. The average molecular weight is 1540 g/mol. The Morgan fingerprint density at radius 1 is 0.181 bits per heavy atom. The third-order valence-corrected chi connectivity index (χ3v) is 21.1. The Hall–Kier alpha value is -12.8. The first-order valence-corrected chi connectivity index (χ1v) is 38.2. The predicted molar refractivity (Wildman–Crippen MR) is 491 cm³/mol. The molecular weight excluding hydrogens is 1400 g/mol. The van der Waals surface area contributed by atoms with E-state index in [9.17, 15) is 0 Å². The maximum atomic E-state index is 8.16. The van der Waals surface area contributed by atoms with Crippen LogP contribution < -0.4 is 18.3 Å². The highest BCUT2D eigenvalue weighted by Crippen LogP contribution is 2.40. The minimum atomic E-state index is -2.53. The lowest BCUT2D eigenvalue weighted by Gasteiger charge is -2.14. The van der Waals surface area contributed by atoms with E-state index in [0.717, 1.165) is 83.7 Å². The number of aryl methyl sites for hydroxylation is 20. The molecule has 0 N–H and O–H groups in total. The number of rotatable bonds is 12. The zero-order valence-corrected chi connectivity index (χ0v) is 66.8. The fourth-order valence-electron chi connectivity index (χ4n) is 15.0. The molecule has 0 unspecified atom stereocenters. The lowest BCUT2D eigenvalue weighted by Crippen LogP contribution is -2.31. The summed E-state index contributed by atoms with van der Waals surface area (Å²) >= 11 is 0. The van der Waals surface area contributed by atoms with Crippen molar-refractivity contribution in [3.8, 4) is 134 Å². The van der Waals surface area contributed by atoms with Gasteiger partial charge in [-0.25, -0.2) is 18.3 Å². The molecule has 0 aliphatic rings. The second-order valence-electron chi connectivity index (χ2n) is 29.5. The van der Waals surface area contributed by atoms with Crippen LogP contribution in [0, 0.1) is 110 Å². The molecule has 0 spiro atoms. The smallest absolute Gasteiger partial charge is 0.201 e. The molecule has 576 valence electrons. The molecule has 12 aromatic carbocycles. The number of benzene rings is 12. The van der Waals surface area contributed by atoms with Gasteiger partial charge in [-0.3, -0.25) is 0 Å². The van der Waals surface area contributed by atoms with Crippen LogP contribution in [-0.4, -0.2) is 0 Å². The molecule has 0 atom stereocenters. The van der Waals surface area contributed by atoms with Gasteiger partial charge in [0.25, 0.3) is 0 Å². The van der Waals surface area contributed by atoms with E-state index in [0.29, 0.717) is 94.8 Å². The molecule has 4 nitrogen and oxygen atoms in total. The first-order chi connectivity index (χ1) is 67.9. The summed E-state index contributed by atoms with van der Waals surface area (Å²) < 4.78 is 250. The van der Waals surface area contributed by atoms with Gasteiger partial charge in [0.05, 0.1) is 0 Å². The molecule has 0 amide bonds. The van der Waals surface area contributed by atoms with Gasteiger partial charge >= 0.3 is 0 Å². The molecule has 4 aromatic heterocycles. The third-order valence-electron chi connectivity index (χ3n) is 21.1. The quantitative estimate of drug-likeness (QED) is 0.108. The van der Waals surface area contributed by atoms with Crippen molar-refractivity contribution in [1.82, 2.24) is 0 Å². The molecule has 4 heteroatoms. The van der Waals surface area contributed by atoms with E-state index in [1.165, 1.54) is 24.4 Å². The van der Waals surface area contributed by atoms with Crippen molar-refractivity contribution in [2.24, 2.45) is 28.2 Å². The Balaban J connectivity index is 0.000000163. The summed E-state index contributed by atoms with van der Waals surface area (Å²) in [6, 6.07) is 87.2. The van der Waals surface area contributed by atoms with Crippen LogP contribution in [0.3, 0.4) is 0 Å². The zero-order chi connectivity index (χ0) is 107. The van der Waals surface area contributed by atoms with E-state index in [-0.39, 0.29) is 44.5 Å². The summed E-state index contributed by atoms with van der Waals surface area (Å²) in [6.07, 6.45) is 6.83. The molecule has 0 bridgehead atoms. The molecule has 0 aliphatic carbocycles. The topological polar surface area (TPSA) is 15.5 Å². The molecule has 16 aromatic rings. The molecule has 0 saturated heterocycles. The first-order valence-electron chi connectivity index (χ1n) is 53.2. The van der Waals surface area contributed by atoms with Gasteiger partial charge in [-0.05, 0) is 290 Å². The number of nitrogens with zero attached hydrogens (tertiary/aromatic N) is 4. The van der Waals surface area contributed by atoms with Gasteiger partial charge in [-0.15, -0.1) is 0 Å². The van der Waals surface area contributed by atoms with Gasteiger partial charge in [0.2, 0.25) is 22.8 Å². The highest BCUT2D eigenvalue weighted by Gasteiger charge is 2.24. The minimum Gasteiger partial charge on any atom is -0.201 e. The molecule has 16 rings (SSSR count). The third kappa shape index (κ3) is 18.1. The van der Waals surface area contributed by atoms with Crippen molar-refractivity contribution in [3.63, 3.8) is 0 Å². The number of pyridine rings is 4. The zero-order valence-electron chi connectivity index (χ0n) is 96.8. The van der Waals surface area contributed by atoms with Crippen molar-refractivity contribution in [2.45, 2.75) is 110 Å². The Kier molecular flexibility index (Phi) is 15.8. The van der Waals surface area contributed by atoms with Crippen molar-refractivity contribution in [1.29, 1.82) is 0 Å². The number of hydrogen-bond acceptors (Lipinski definition) is 0. The molecule has 0 aliphatic heterocycles. The second-order valence-corrected chi connectivity index (χ2v) is 29.5. The van der Waals surface area contributed by atoms with Crippen LogP contribution in [0.15, 0.2) is 316 Å². The Bertz CT molecular complexity index is 7360. The van der Waals surface area contributed by atoms with Crippen LogP contribution in [0.1, 0.15) is 130 Å². The Morgan fingerprint density at radius 2 is 0.483 bits per heavy atom. The van der Waals surface area contributed by atoms with E-state index in [4.69, 9.17) is 41.1 Å². The average Bonchev–Trinajstić information content (AvgIpc) is 0.650. The first kappa shape index (κ1) is 51.2. The van der Waals surface area contributed by atoms with Crippen molar-refractivity contribution in [3.05, 3.63) is 405 Å². The Labute approximate surface area is 733 Å². The predicted octanol–water partition coefficient (Wildman–Crippen LogP) is 27.0. The summed E-state index contributed by atoms with van der Waals surface area (Å²) in [5, 5.41) is 0. The van der Waals surface area contributed by atoms with E-state index in [1.807, 2.05) is 277 Å². The van der Waals surface area contributed by atoms with Gasteiger partial charge in [0, 0.05) is 111 Å². The van der Waals surface area contributed by atoms with Crippen molar-refractivity contribution < 1.29 is 59.4 Å². The van der Waals surface area contributed by atoms with Crippen molar-refractivity contribution >= 4 is 0 Å². The summed E-state index contributed by atoms with van der Waals surface area (Å²) in [6.45, 7) is -12.7. The van der Waals surface area contributed by atoms with Crippen LogP contribution in [0.25, 0.3) is 134 Å². The Morgan fingerprint density at radius 3 is 0.862 bits per heavy atom. The molecule has 116 heavy (non-hydrogen) atoms. The van der Waals surface area contributed by atoms with Crippen LogP contribution >= 0.6 is 0 Å². The summed E-state index contributed by atoms with van der Waals surface area (Å²) in [5.41, 5.74) is 22.2. The minimum absolute atomic E-state index is 0.0205. The number of hydrogen-bond donors (Lipinski definition) is 0. The summed E-state index contributed by atoms with van der Waals surface area (Å²) in [5.74, 6) is 0. The lowest BCUT2D eigenvalue weighted by atomic mass is 9.91. The fourth-order valence-corrected chi connectivity index (χ4v) is 15.0. The highest BCUT2D eigenvalue weighted by molar-refractivity contribution is 5.84. The second kappa shape index (κ2) is 35.7. The summed E-state index contributed by atoms with van der Waals surface area (Å²) in [4.78, 5) is 0. The molecule has 0 radical (unpaired) electrons. The normalized spacial score (nSPS) is 15.8. The summed E-state index contributed by atoms with van der Waals surface area (Å²) in [7, 11) is 7.31. The van der Waals surface area contributed by atoms with Crippen LogP contribution in [0.5, 0.6) is 0 Å². The van der Waals surface area contributed by atoms with E-state index >= 15 is 0 Å². The van der Waals surface area contributed by atoms with Crippen LogP contribution in [0.2, 0.25) is 0 Å². The van der Waals surface area contributed by atoms with Gasteiger partial charge in [-0.2, -0.15) is 0 Å². The van der Waals surface area contributed by atoms with E-state index in [2.05, 4.69) is 0 Å². The van der Waals surface area contributed by atoms with Crippen molar-refractivity contribution in [2.75, 3.05) is 0 Å². The van der Waals surface area contributed by atoms with Gasteiger partial charge in [0.1, 0.15) is 28.2 Å². The molecule has 4 heterocycles.